The van der Waals surface area contributed by atoms with Crippen molar-refractivity contribution in [3.8, 4) is 0 Å². The van der Waals surface area contributed by atoms with Crippen LogP contribution in [0.15, 0.2) is 6.20 Å². The average Bonchev–Trinajstić information content (AvgIpc) is 2.68. The Morgan fingerprint density at radius 3 is 2.25 bits per heavy atom. The van der Waals surface area contributed by atoms with Gasteiger partial charge in [0, 0.05) is 11.9 Å². The molecule has 16 heavy (non-hydrogen) atoms. The molecule has 0 spiro atoms. The Morgan fingerprint density at radius 1 is 0.688 bits per heavy atom. The summed E-state index contributed by atoms with van der Waals surface area (Å²) in [6, 6.07) is 0. The summed E-state index contributed by atoms with van der Waals surface area (Å²) in [7, 11) is 0. The van der Waals surface area contributed by atoms with E-state index in [4.69, 9.17) is 4.98 Å². The van der Waals surface area contributed by atoms with Gasteiger partial charge in [-0.3, -0.25) is 4.98 Å². The quantitative estimate of drug-likeness (QED) is 0.602. The summed E-state index contributed by atoms with van der Waals surface area (Å²) in [6.07, 6.45) is 15.6. The van der Waals surface area contributed by atoms with Gasteiger partial charge in [0.15, 0.2) is 0 Å². The number of rotatable bonds is 0. The van der Waals surface area contributed by atoms with Crippen molar-refractivity contribution in [3.05, 3.63) is 28.6 Å². The lowest BCUT2D eigenvalue weighted by Crippen LogP contribution is -2.04. The van der Waals surface area contributed by atoms with Crippen molar-refractivity contribution < 1.29 is 0 Å². The molecule has 1 heterocycles. The largest absolute Gasteiger partial charge is 0.261 e. The summed E-state index contributed by atoms with van der Waals surface area (Å²) in [5.74, 6) is 0. The number of hydrogen-bond acceptors (Lipinski definition) is 1. The highest BCUT2D eigenvalue weighted by Crippen LogP contribution is 2.28. The van der Waals surface area contributed by atoms with Crippen LogP contribution in [0.4, 0.5) is 0 Å². The molecule has 1 aromatic rings. The first-order chi connectivity index (χ1) is 7.95. The number of hydrogen-bond donors (Lipinski definition) is 0. The lowest BCUT2D eigenvalue weighted by molar-refractivity contribution is 0.701. The maximum absolute atomic E-state index is 4.73. The molecule has 0 N–H and O–H groups in total. The molecule has 86 valence electrons. The Bertz CT molecular complexity index is 344. The molecular weight excluding hydrogens is 194 g/mol. The van der Waals surface area contributed by atoms with Gasteiger partial charge in [-0.2, -0.15) is 0 Å². The van der Waals surface area contributed by atoms with E-state index in [0.717, 1.165) is 0 Å². The van der Waals surface area contributed by atoms with E-state index in [2.05, 4.69) is 6.20 Å². The number of pyridine rings is 1. The van der Waals surface area contributed by atoms with Gasteiger partial charge in [0.05, 0.1) is 0 Å². The molecule has 0 atom stereocenters. The summed E-state index contributed by atoms with van der Waals surface area (Å²) < 4.78 is 0. The van der Waals surface area contributed by atoms with Gasteiger partial charge in [-0.1, -0.05) is 12.8 Å². The van der Waals surface area contributed by atoms with Crippen LogP contribution in [-0.4, -0.2) is 4.98 Å². The SMILES string of the molecule is c1nc2c(c3c1CCCCC3)CCCCC2. The van der Waals surface area contributed by atoms with Crippen LogP contribution < -0.4 is 0 Å². The van der Waals surface area contributed by atoms with E-state index in [1.54, 1.807) is 16.7 Å². The van der Waals surface area contributed by atoms with E-state index in [-0.39, 0.29) is 0 Å². The maximum Gasteiger partial charge on any atom is 0.0438 e. The fraction of sp³-hybridized carbons (Fsp3) is 0.667. The van der Waals surface area contributed by atoms with Crippen molar-refractivity contribution >= 4 is 0 Å². The highest BCUT2D eigenvalue weighted by atomic mass is 14.7. The third-order valence-corrected chi connectivity index (χ3v) is 4.19. The van der Waals surface area contributed by atoms with Gasteiger partial charge in [0.1, 0.15) is 0 Å². The van der Waals surface area contributed by atoms with Gasteiger partial charge in [-0.25, -0.2) is 0 Å². The highest BCUT2D eigenvalue weighted by molar-refractivity contribution is 5.38. The Labute approximate surface area is 98.3 Å². The van der Waals surface area contributed by atoms with E-state index in [1.165, 1.54) is 69.9 Å². The van der Waals surface area contributed by atoms with Crippen LogP contribution >= 0.6 is 0 Å². The topological polar surface area (TPSA) is 12.9 Å². The molecule has 0 fully saturated rings. The van der Waals surface area contributed by atoms with Crippen molar-refractivity contribution in [2.45, 2.75) is 64.2 Å². The van der Waals surface area contributed by atoms with Crippen LogP contribution in [0.25, 0.3) is 0 Å². The van der Waals surface area contributed by atoms with Crippen LogP contribution in [0, 0.1) is 0 Å². The fourth-order valence-corrected chi connectivity index (χ4v) is 3.28. The summed E-state index contributed by atoms with van der Waals surface area (Å²) >= 11 is 0. The second kappa shape index (κ2) is 4.57. The van der Waals surface area contributed by atoms with Crippen molar-refractivity contribution in [3.63, 3.8) is 0 Å². The molecule has 1 heteroatoms. The zero-order chi connectivity index (χ0) is 10.8. The second-order valence-corrected chi connectivity index (χ2v) is 5.31. The monoisotopic (exact) mass is 215 g/mol. The smallest absolute Gasteiger partial charge is 0.0438 e. The predicted molar refractivity (Wildman–Crippen MR) is 66.8 cm³/mol. The molecule has 0 saturated carbocycles. The summed E-state index contributed by atoms with van der Waals surface area (Å²) in [5.41, 5.74) is 6.35. The zero-order valence-corrected chi connectivity index (χ0v) is 10.1. The Kier molecular flexibility index (Phi) is 2.94. The molecule has 3 rings (SSSR count). The molecule has 1 nitrogen and oxygen atoms in total. The van der Waals surface area contributed by atoms with Crippen LogP contribution in [0.1, 0.15) is 60.9 Å². The number of nitrogens with zero attached hydrogens (tertiary/aromatic N) is 1. The third kappa shape index (κ3) is 1.88. The fourth-order valence-electron chi connectivity index (χ4n) is 3.28. The van der Waals surface area contributed by atoms with Gasteiger partial charge >= 0.3 is 0 Å². The zero-order valence-electron chi connectivity index (χ0n) is 10.1. The first kappa shape index (κ1) is 10.3. The summed E-state index contributed by atoms with van der Waals surface area (Å²) in [5, 5.41) is 0. The lowest BCUT2D eigenvalue weighted by atomic mass is 9.95. The van der Waals surface area contributed by atoms with E-state index in [0.29, 0.717) is 0 Å². The molecule has 0 aromatic carbocycles. The van der Waals surface area contributed by atoms with E-state index < -0.39 is 0 Å². The Morgan fingerprint density at radius 2 is 1.38 bits per heavy atom. The molecule has 2 aliphatic carbocycles. The standard InChI is InChI=1S/C15H21N/c1-3-7-12-11-16-15-10-6-2-5-9-14(15)13(12)8-4-1/h11H,1-10H2. The second-order valence-electron chi connectivity index (χ2n) is 5.31. The van der Waals surface area contributed by atoms with Crippen LogP contribution in [0.2, 0.25) is 0 Å². The average molecular weight is 215 g/mol. The molecule has 0 unspecified atom stereocenters. The van der Waals surface area contributed by atoms with E-state index in [1.807, 2.05) is 0 Å². The van der Waals surface area contributed by atoms with Gasteiger partial charge in [0.2, 0.25) is 0 Å². The number of aromatic nitrogens is 1. The van der Waals surface area contributed by atoms with E-state index >= 15 is 0 Å². The lowest BCUT2D eigenvalue weighted by Gasteiger charge is -2.14. The summed E-state index contributed by atoms with van der Waals surface area (Å²) in [4.78, 5) is 4.73. The Hall–Kier alpha value is -0.850. The highest BCUT2D eigenvalue weighted by Gasteiger charge is 2.17. The molecule has 0 bridgehead atoms. The molecular formula is C15H21N. The van der Waals surface area contributed by atoms with Crippen LogP contribution in [0.3, 0.4) is 0 Å². The van der Waals surface area contributed by atoms with E-state index in [9.17, 15) is 0 Å². The normalized spacial score (nSPS) is 20.5. The predicted octanol–water partition coefficient (Wildman–Crippen LogP) is 3.62. The maximum atomic E-state index is 4.73. The minimum Gasteiger partial charge on any atom is -0.261 e. The number of aryl methyl sites for hydroxylation is 2. The van der Waals surface area contributed by atoms with Gasteiger partial charge in [-0.05, 0) is 68.1 Å². The molecule has 0 radical (unpaired) electrons. The van der Waals surface area contributed by atoms with Crippen molar-refractivity contribution in [1.29, 1.82) is 0 Å². The minimum atomic E-state index is 1.22. The third-order valence-electron chi connectivity index (χ3n) is 4.19. The first-order valence-corrected chi connectivity index (χ1v) is 6.93. The van der Waals surface area contributed by atoms with Crippen LogP contribution in [0.5, 0.6) is 0 Å². The molecule has 0 saturated heterocycles. The molecule has 1 aromatic heterocycles. The van der Waals surface area contributed by atoms with Crippen LogP contribution in [-0.2, 0) is 25.7 Å². The number of fused-ring (bicyclic) bond motifs is 3. The Balaban J connectivity index is 2.05. The molecule has 0 amide bonds. The molecule has 2 aliphatic rings. The van der Waals surface area contributed by atoms with Crippen molar-refractivity contribution in [2.24, 2.45) is 0 Å². The van der Waals surface area contributed by atoms with Gasteiger partial charge in [0.25, 0.3) is 0 Å². The van der Waals surface area contributed by atoms with Crippen molar-refractivity contribution in [2.75, 3.05) is 0 Å². The van der Waals surface area contributed by atoms with Gasteiger partial charge in [-0.15, -0.1) is 0 Å². The summed E-state index contributed by atoms with van der Waals surface area (Å²) in [6.45, 7) is 0. The molecule has 0 aliphatic heterocycles. The minimum absolute atomic E-state index is 1.22. The van der Waals surface area contributed by atoms with Crippen molar-refractivity contribution in [1.82, 2.24) is 4.98 Å². The first-order valence-electron chi connectivity index (χ1n) is 6.93. The van der Waals surface area contributed by atoms with Gasteiger partial charge < -0.3 is 0 Å².